The first-order valence-electron chi connectivity index (χ1n) is 8.36. The lowest BCUT2D eigenvalue weighted by Crippen LogP contribution is -2.04. The largest absolute Gasteiger partial charge is 0.396 e. The van der Waals surface area contributed by atoms with Gasteiger partial charge in [0.25, 0.3) is 0 Å². The Kier molecular flexibility index (Phi) is 5.43. The van der Waals surface area contributed by atoms with Gasteiger partial charge in [-0.1, -0.05) is 29.8 Å². The van der Waals surface area contributed by atoms with Crippen LogP contribution in [0.25, 0.3) is 21.3 Å². The van der Waals surface area contributed by atoms with Crippen molar-refractivity contribution in [3.63, 3.8) is 0 Å². The summed E-state index contributed by atoms with van der Waals surface area (Å²) in [5, 5.41) is 13.4. The molecule has 126 valence electrons. The smallest absolute Gasteiger partial charge is 0.138 e. The van der Waals surface area contributed by atoms with Gasteiger partial charge < -0.3 is 10.4 Å². The Morgan fingerprint density at radius 3 is 2.58 bits per heavy atom. The Morgan fingerprint density at radius 2 is 1.83 bits per heavy atom. The summed E-state index contributed by atoms with van der Waals surface area (Å²) in [5.41, 5.74) is 3.70. The standard InChI is InChI=1S/C19H23N3OS/c1-13-6-8-15(9-7-13)16-14(2)24-19-17(16)18(21-12-22-19)20-10-4-3-5-11-23/h6-9,12,23H,3-5,10-11H2,1-2H3,(H,20,21,22). The number of nitrogens with one attached hydrogen (secondary N) is 1. The molecule has 0 bridgehead atoms. The molecule has 0 fully saturated rings. The van der Waals surface area contributed by atoms with Crippen LogP contribution in [0.5, 0.6) is 0 Å². The van der Waals surface area contributed by atoms with Crippen LogP contribution in [-0.2, 0) is 0 Å². The minimum Gasteiger partial charge on any atom is -0.396 e. The molecule has 0 aliphatic rings. The van der Waals surface area contributed by atoms with Crippen LogP contribution < -0.4 is 5.32 Å². The number of benzene rings is 1. The molecule has 0 aliphatic carbocycles. The molecule has 24 heavy (non-hydrogen) atoms. The van der Waals surface area contributed by atoms with Crippen LogP contribution in [-0.4, -0.2) is 28.2 Å². The van der Waals surface area contributed by atoms with Crippen molar-refractivity contribution in [1.29, 1.82) is 0 Å². The molecule has 2 heterocycles. The van der Waals surface area contributed by atoms with Gasteiger partial charge >= 0.3 is 0 Å². The Morgan fingerprint density at radius 1 is 1.04 bits per heavy atom. The molecule has 0 atom stereocenters. The highest BCUT2D eigenvalue weighted by atomic mass is 32.1. The van der Waals surface area contributed by atoms with Gasteiger partial charge in [-0.15, -0.1) is 11.3 Å². The molecule has 0 amide bonds. The summed E-state index contributed by atoms with van der Waals surface area (Å²) in [6, 6.07) is 8.62. The number of rotatable bonds is 7. The van der Waals surface area contributed by atoms with Crippen LogP contribution in [0.15, 0.2) is 30.6 Å². The number of aromatic nitrogens is 2. The van der Waals surface area contributed by atoms with E-state index in [9.17, 15) is 0 Å². The maximum atomic E-state index is 8.87. The van der Waals surface area contributed by atoms with E-state index >= 15 is 0 Å². The van der Waals surface area contributed by atoms with Crippen molar-refractivity contribution in [3.8, 4) is 11.1 Å². The number of aliphatic hydroxyl groups excluding tert-OH is 1. The van der Waals surface area contributed by atoms with Crippen LogP contribution in [0.4, 0.5) is 5.82 Å². The van der Waals surface area contributed by atoms with E-state index in [0.29, 0.717) is 0 Å². The van der Waals surface area contributed by atoms with Crippen molar-refractivity contribution in [2.45, 2.75) is 33.1 Å². The first kappa shape index (κ1) is 16.9. The molecular weight excluding hydrogens is 318 g/mol. The molecule has 0 saturated carbocycles. The minimum absolute atomic E-state index is 0.263. The maximum Gasteiger partial charge on any atom is 0.138 e. The van der Waals surface area contributed by atoms with Crippen molar-refractivity contribution in [2.24, 2.45) is 0 Å². The van der Waals surface area contributed by atoms with Crippen LogP contribution >= 0.6 is 11.3 Å². The van der Waals surface area contributed by atoms with Crippen molar-refractivity contribution in [3.05, 3.63) is 41.0 Å². The van der Waals surface area contributed by atoms with E-state index in [4.69, 9.17) is 5.11 Å². The van der Waals surface area contributed by atoms with Crippen molar-refractivity contribution < 1.29 is 5.11 Å². The van der Waals surface area contributed by atoms with E-state index < -0.39 is 0 Å². The fourth-order valence-corrected chi connectivity index (χ4v) is 3.88. The van der Waals surface area contributed by atoms with Gasteiger partial charge in [-0.2, -0.15) is 0 Å². The molecule has 0 spiro atoms. The molecule has 3 aromatic rings. The lowest BCUT2D eigenvalue weighted by Gasteiger charge is -2.09. The quantitative estimate of drug-likeness (QED) is 0.619. The van der Waals surface area contributed by atoms with Crippen LogP contribution in [0.2, 0.25) is 0 Å². The summed E-state index contributed by atoms with van der Waals surface area (Å²) in [6.07, 6.45) is 4.53. The van der Waals surface area contributed by atoms with Gasteiger partial charge in [-0.05, 0) is 38.7 Å². The summed E-state index contributed by atoms with van der Waals surface area (Å²) >= 11 is 1.72. The average molecular weight is 341 g/mol. The minimum atomic E-state index is 0.263. The molecule has 1 aromatic carbocycles. The molecule has 5 heteroatoms. The molecule has 2 aromatic heterocycles. The zero-order valence-electron chi connectivity index (χ0n) is 14.2. The average Bonchev–Trinajstić information content (AvgIpc) is 2.92. The third-order valence-electron chi connectivity index (χ3n) is 4.13. The zero-order chi connectivity index (χ0) is 16.9. The van der Waals surface area contributed by atoms with E-state index in [1.54, 1.807) is 17.7 Å². The van der Waals surface area contributed by atoms with Crippen LogP contribution in [0, 0.1) is 13.8 Å². The van der Waals surface area contributed by atoms with Crippen LogP contribution in [0.1, 0.15) is 29.7 Å². The van der Waals surface area contributed by atoms with Crippen molar-refractivity contribution in [2.75, 3.05) is 18.5 Å². The summed E-state index contributed by atoms with van der Waals surface area (Å²) < 4.78 is 0. The van der Waals surface area contributed by atoms with E-state index in [-0.39, 0.29) is 6.61 Å². The number of aliphatic hydroxyl groups is 1. The van der Waals surface area contributed by atoms with E-state index in [2.05, 4.69) is 53.4 Å². The fraction of sp³-hybridized carbons (Fsp3) is 0.368. The third kappa shape index (κ3) is 3.57. The number of hydrogen-bond acceptors (Lipinski definition) is 5. The molecule has 2 N–H and O–H groups in total. The number of hydrogen-bond donors (Lipinski definition) is 2. The Labute approximate surface area is 146 Å². The van der Waals surface area contributed by atoms with Gasteiger partial charge in [0.1, 0.15) is 17.0 Å². The number of anilines is 1. The second kappa shape index (κ2) is 7.73. The third-order valence-corrected chi connectivity index (χ3v) is 5.15. The molecule has 0 saturated heterocycles. The van der Waals surface area contributed by atoms with Gasteiger partial charge in [0.2, 0.25) is 0 Å². The Hall–Kier alpha value is -1.98. The number of fused-ring (bicyclic) bond motifs is 1. The highest BCUT2D eigenvalue weighted by molar-refractivity contribution is 7.19. The first-order chi connectivity index (χ1) is 11.7. The summed E-state index contributed by atoms with van der Waals surface area (Å²) in [6.45, 7) is 5.37. The van der Waals surface area contributed by atoms with E-state index in [1.807, 2.05) is 0 Å². The monoisotopic (exact) mass is 341 g/mol. The molecule has 4 nitrogen and oxygen atoms in total. The van der Waals surface area contributed by atoms with Gasteiger partial charge in [-0.25, -0.2) is 9.97 Å². The number of thiophene rings is 1. The molecular formula is C19H23N3OS. The van der Waals surface area contributed by atoms with Gasteiger partial charge in [0, 0.05) is 23.6 Å². The molecule has 3 rings (SSSR count). The predicted molar refractivity (Wildman–Crippen MR) is 102 cm³/mol. The van der Waals surface area contributed by atoms with E-state index in [1.165, 1.54) is 21.6 Å². The number of nitrogens with zero attached hydrogens (tertiary/aromatic N) is 2. The van der Waals surface area contributed by atoms with Gasteiger partial charge in [0.05, 0.1) is 5.39 Å². The Balaban J connectivity index is 1.94. The number of aryl methyl sites for hydroxylation is 2. The molecule has 0 radical (unpaired) electrons. The predicted octanol–water partition coefficient (Wildman–Crippen LogP) is 4.55. The second-order valence-corrected chi connectivity index (χ2v) is 7.22. The topological polar surface area (TPSA) is 58.0 Å². The van der Waals surface area contributed by atoms with Crippen molar-refractivity contribution in [1.82, 2.24) is 9.97 Å². The van der Waals surface area contributed by atoms with E-state index in [0.717, 1.165) is 41.8 Å². The highest BCUT2D eigenvalue weighted by Gasteiger charge is 2.16. The fourth-order valence-electron chi connectivity index (χ4n) is 2.87. The maximum absolute atomic E-state index is 8.87. The van der Waals surface area contributed by atoms with Crippen molar-refractivity contribution >= 4 is 27.4 Å². The summed E-state index contributed by atoms with van der Waals surface area (Å²) in [5.74, 6) is 0.906. The zero-order valence-corrected chi connectivity index (χ0v) is 15.0. The highest BCUT2D eigenvalue weighted by Crippen LogP contribution is 2.40. The first-order valence-corrected chi connectivity index (χ1v) is 9.18. The van der Waals surface area contributed by atoms with Gasteiger partial charge in [-0.3, -0.25) is 0 Å². The lowest BCUT2D eigenvalue weighted by molar-refractivity contribution is 0.283. The summed E-state index contributed by atoms with van der Waals surface area (Å²) in [4.78, 5) is 11.2. The van der Waals surface area contributed by atoms with Crippen LogP contribution in [0.3, 0.4) is 0 Å². The lowest BCUT2D eigenvalue weighted by atomic mass is 10.0. The Bertz CT molecular complexity index is 811. The second-order valence-electron chi connectivity index (χ2n) is 6.01. The molecule has 0 unspecified atom stereocenters. The van der Waals surface area contributed by atoms with Gasteiger partial charge in [0.15, 0.2) is 0 Å². The summed E-state index contributed by atoms with van der Waals surface area (Å²) in [7, 11) is 0. The molecule has 0 aliphatic heterocycles. The normalized spacial score (nSPS) is 11.1. The SMILES string of the molecule is Cc1ccc(-c2c(C)sc3ncnc(NCCCCCO)c23)cc1. The number of unbranched alkanes of at least 4 members (excludes halogenated alkanes) is 2.